The van der Waals surface area contributed by atoms with E-state index < -0.39 is 21.9 Å². The van der Waals surface area contributed by atoms with Crippen molar-refractivity contribution in [2.45, 2.75) is 55.7 Å². The van der Waals surface area contributed by atoms with E-state index in [1.807, 2.05) is 0 Å². The van der Waals surface area contributed by atoms with Gasteiger partial charge in [0, 0.05) is 17.8 Å². The van der Waals surface area contributed by atoms with Crippen molar-refractivity contribution in [3.05, 3.63) is 23.5 Å². The Kier molecular flexibility index (Phi) is 3.46. The lowest BCUT2D eigenvalue weighted by Gasteiger charge is -2.36. The maximum Gasteiger partial charge on any atom is 0.246 e. The summed E-state index contributed by atoms with van der Waals surface area (Å²) in [6, 6.07) is 1.87. The summed E-state index contributed by atoms with van der Waals surface area (Å²) in [6.07, 6.45) is 1.78. The molecule has 3 rings (SSSR count). The minimum Gasteiger partial charge on any atom is -0.398 e. The minimum atomic E-state index is -3.92. The molecule has 0 aliphatic carbocycles. The fraction of sp³-hybridized carbons (Fsp3) is 0.571. The Morgan fingerprint density at radius 1 is 1.29 bits per heavy atom. The second-order valence-corrected chi connectivity index (χ2v) is 7.80. The molecule has 0 saturated carbocycles. The number of aliphatic hydroxyl groups excluding tert-OH is 1. The van der Waals surface area contributed by atoms with Gasteiger partial charge in [0.05, 0.1) is 6.10 Å². The van der Waals surface area contributed by atoms with E-state index in [9.17, 15) is 17.9 Å². The van der Waals surface area contributed by atoms with Gasteiger partial charge in [-0.3, -0.25) is 0 Å². The number of nitrogens with zero attached hydrogens (tertiary/aromatic N) is 1. The normalized spacial score (nSPS) is 29.8. The smallest absolute Gasteiger partial charge is 0.246 e. The molecule has 2 heterocycles. The third kappa shape index (κ3) is 2.33. The lowest BCUT2D eigenvalue weighted by molar-refractivity contribution is 0.0768. The van der Waals surface area contributed by atoms with Gasteiger partial charge in [-0.05, 0) is 50.3 Å². The first-order valence-corrected chi connectivity index (χ1v) is 8.52. The molecule has 1 aromatic rings. The molecule has 0 radical (unpaired) electrons. The van der Waals surface area contributed by atoms with Gasteiger partial charge in [-0.25, -0.2) is 12.8 Å². The van der Waals surface area contributed by atoms with Crippen molar-refractivity contribution in [1.82, 2.24) is 4.31 Å². The number of anilines is 1. The average Bonchev–Trinajstić information content (AvgIpc) is 2.67. The van der Waals surface area contributed by atoms with E-state index in [1.165, 1.54) is 10.4 Å². The van der Waals surface area contributed by atoms with Gasteiger partial charge in [-0.15, -0.1) is 0 Å². The van der Waals surface area contributed by atoms with Crippen LogP contribution in [0.5, 0.6) is 0 Å². The third-order valence-electron chi connectivity index (χ3n) is 4.52. The van der Waals surface area contributed by atoms with Gasteiger partial charge in [0.2, 0.25) is 10.0 Å². The lowest BCUT2D eigenvalue weighted by Crippen LogP contribution is -2.48. The molecule has 0 amide bonds. The Hall–Kier alpha value is -1.18. The van der Waals surface area contributed by atoms with E-state index in [1.54, 1.807) is 6.92 Å². The molecule has 116 valence electrons. The van der Waals surface area contributed by atoms with Crippen molar-refractivity contribution in [1.29, 1.82) is 0 Å². The third-order valence-corrected chi connectivity index (χ3v) is 6.54. The number of piperidine rings is 1. The number of sulfonamides is 1. The number of hydrogen-bond acceptors (Lipinski definition) is 4. The van der Waals surface area contributed by atoms with Gasteiger partial charge in [0.1, 0.15) is 10.7 Å². The molecule has 0 aromatic heterocycles. The molecular formula is C14H19FN2O3S. The van der Waals surface area contributed by atoms with Crippen molar-refractivity contribution in [2.24, 2.45) is 0 Å². The molecule has 2 unspecified atom stereocenters. The van der Waals surface area contributed by atoms with Crippen LogP contribution in [0.3, 0.4) is 0 Å². The predicted molar refractivity (Wildman–Crippen MR) is 76.6 cm³/mol. The van der Waals surface area contributed by atoms with Crippen molar-refractivity contribution in [3.63, 3.8) is 0 Å². The van der Waals surface area contributed by atoms with Gasteiger partial charge < -0.3 is 10.8 Å². The van der Waals surface area contributed by atoms with E-state index in [4.69, 9.17) is 5.73 Å². The number of hydrogen-bond donors (Lipinski definition) is 2. The predicted octanol–water partition coefficient (Wildman–Crippen LogP) is 1.39. The molecule has 2 aliphatic heterocycles. The van der Waals surface area contributed by atoms with Crippen molar-refractivity contribution < 1.29 is 17.9 Å². The van der Waals surface area contributed by atoms with Gasteiger partial charge in [0.15, 0.2) is 0 Å². The summed E-state index contributed by atoms with van der Waals surface area (Å²) in [5.41, 5.74) is 6.51. The highest BCUT2D eigenvalue weighted by Gasteiger charge is 2.47. The summed E-state index contributed by atoms with van der Waals surface area (Å²) in [5.74, 6) is -0.771. The zero-order chi connectivity index (χ0) is 15.4. The Morgan fingerprint density at radius 3 is 2.43 bits per heavy atom. The number of rotatable bonds is 2. The summed E-state index contributed by atoms with van der Waals surface area (Å²) in [5, 5.41) is 9.76. The number of nitrogens with two attached hydrogens (primary N) is 1. The summed E-state index contributed by atoms with van der Waals surface area (Å²) in [4.78, 5) is -0.362. The first-order chi connectivity index (χ1) is 9.80. The highest BCUT2D eigenvalue weighted by atomic mass is 32.2. The summed E-state index contributed by atoms with van der Waals surface area (Å²) < 4.78 is 41.1. The van der Waals surface area contributed by atoms with E-state index in [0.29, 0.717) is 31.2 Å². The monoisotopic (exact) mass is 314 g/mol. The summed E-state index contributed by atoms with van der Waals surface area (Å²) in [7, 11) is -3.92. The zero-order valence-corrected chi connectivity index (χ0v) is 12.6. The van der Waals surface area contributed by atoms with E-state index in [2.05, 4.69) is 0 Å². The van der Waals surface area contributed by atoms with Crippen molar-refractivity contribution in [2.75, 3.05) is 5.73 Å². The topological polar surface area (TPSA) is 83.6 Å². The first kappa shape index (κ1) is 14.7. The fourth-order valence-corrected chi connectivity index (χ4v) is 5.45. The van der Waals surface area contributed by atoms with Gasteiger partial charge in [-0.1, -0.05) is 0 Å². The zero-order valence-electron chi connectivity index (χ0n) is 11.8. The average molecular weight is 314 g/mol. The van der Waals surface area contributed by atoms with Crippen LogP contribution in [0, 0.1) is 12.7 Å². The molecule has 2 bridgehead atoms. The quantitative estimate of drug-likeness (QED) is 0.808. The molecule has 0 spiro atoms. The second-order valence-electron chi connectivity index (χ2n) is 5.98. The molecule has 21 heavy (non-hydrogen) atoms. The Balaban J connectivity index is 2.04. The van der Waals surface area contributed by atoms with Gasteiger partial charge in [0.25, 0.3) is 0 Å². The number of benzene rings is 1. The Bertz CT molecular complexity index is 663. The molecule has 2 atom stereocenters. The maximum atomic E-state index is 14.1. The highest BCUT2D eigenvalue weighted by molar-refractivity contribution is 7.89. The number of aliphatic hydroxyl groups is 1. The standard InChI is InChI=1S/C14H19FN2O3S/c1-8-4-12(15)14(7-13(8)16)21(19,20)17-9-2-3-10(17)6-11(18)5-9/h4,7,9-11,18H,2-3,5-6,16H2,1H3. The lowest BCUT2D eigenvalue weighted by atomic mass is 10.0. The molecule has 1 aromatic carbocycles. The molecule has 5 nitrogen and oxygen atoms in total. The fourth-order valence-electron chi connectivity index (χ4n) is 3.48. The number of nitrogen functional groups attached to an aromatic ring is 1. The minimum absolute atomic E-state index is 0.245. The van der Waals surface area contributed by atoms with Gasteiger partial charge in [-0.2, -0.15) is 4.31 Å². The van der Waals surface area contributed by atoms with Crippen molar-refractivity contribution >= 4 is 15.7 Å². The molecular weight excluding hydrogens is 295 g/mol. The van der Waals surface area contributed by atoms with Crippen LogP contribution >= 0.6 is 0 Å². The SMILES string of the molecule is Cc1cc(F)c(S(=O)(=O)N2C3CCC2CC(O)C3)cc1N. The molecule has 2 saturated heterocycles. The van der Waals surface area contributed by atoms with Crippen LogP contribution in [0.1, 0.15) is 31.2 Å². The summed E-state index contributed by atoms with van der Waals surface area (Å²) >= 11 is 0. The van der Waals surface area contributed by atoms with Crippen LogP contribution in [0.2, 0.25) is 0 Å². The van der Waals surface area contributed by atoms with Crippen LogP contribution in [0.15, 0.2) is 17.0 Å². The van der Waals surface area contributed by atoms with E-state index >= 15 is 0 Å². The Labute approximate surface area is 123 Å². The summed E-state index contributed by atoms with van der Waals surface area (Å²) in [6.45, 7) is 1.63. The van der Waals surface area contributed by atoms with E-state index in [0.717, 1.165) is 6.07 Å². The molecule has 2 aliphatic rings. The van der Waals surface area contributed by atoms with Crippen LogP contribution < -0.4 is 5.73 Å². The van der Waals surface area contributed by atoms with E-state index in [-0.39, 0.29) is 22.7 Å². The molecule has 7 heteroatoms. The second kappa shape index (κ2) is 4.93. The van der Waals surface area contributed by atoms with Crippen molar-refractivity contribution in [3.8, 4) is 0 Å². The first-order valence-electron chi connectivity index (χ1n) is 7.08. The van der Waals surface area contributed by atoms with Crippen LogP contribution in [0.4, 0.5) is 10.1 Å². The maximum absolute atomic E-state index is 14.1. The largest absolute Gasteiger partial charge is 0.398 e. The van der Waals surface area contributed by atoms with Crippen LogP contribution in [0.25, 0.3) is 0 Å². The molecule has 3 N–H and O–H groups in total. The van der Waals surface area contributed by atoms with Crippen LogP contribution in [-0.2, 0) is 10.0 Å². The number of halogens is 1. The highest BCUT2D eigenvalue weighted by Crippen LogP contribution is 2.40. The number of fused-ring (bicyclic) bond motifs is 2. The molecule has 2 fully saturated rings. The van der Waals surface area contributed by atoms with Crippen LogP contribution in [-0.4, -0.2) is 36.0 Å². The Morgan fingerprint density at radius 2 is 1.86 bits per heavy atom. The number of aryl methyl sites for hydroxylation is 1. The van der Waals surface area contributed by atoms with Gasteiger partial charge >= 0.3 is 0 Å².